The van der Waals surface area contributed by atoms with E-state index < -0.39 is 32.2 Å². The van der Waals surface area contributed by atoms with Gasteiger partial charge in [-0.15, -0.1) is 0 Å². The van der Waals surface area contributed by atoms with Gasteiger partial charge in [0, 0.05) is 32.9 Å². The number of carbonyl (C=O) groups excluding carboxylic acids is 1. The van der Waals surface area contributed by atoms with Crippen LogP contribution in [-0.4, -0.2) is 73.5 Å². The van der Waals surface area contributed by atoms with Gasteiger partial charge in [-0.25, -0.2) is 17.2 Å². The number of aliphatic hydroxyl groups is 1. The Morgan fingerprint density at radius 2 is 1.97 bits per heavy atom. The van der Waals surface area contributed by atoms with E-state index in [9.17, 15) is 27.1 Å². The Kier molecular flexibility index (Phi) is 7.55. The van der Waals surface area contributed by atoms with E-state index in [1.165, 1.54) is 7.05 Å². The molecule has 3 rings (SSSR count). The van der Waals surface area contributed by atoms with E-state index in [4.69, 9.17) is 4.74 Å². The van der Waals surface area contributed by atoms with E-state index in [1.54, 1.807) is 29.3 Å². The second-order valence-electron chi connectivity index (χ2n) is 7.58. The number of hydrogen-bond acceptors (Lipinski definition) is 6. The number of aromatic nitrogens is 1. The lowest BCUT2D eigenvalue weighted by molar-refractivity contribution is -0.140. The van der Waals surface area contributed by atoms with Crippen molar-refractivity contribution in [2.75, 3.05) is 39.9 Å². The van der Waals surface area contributed by atoms with Gasteiger partial charge in [-0.2, -0.15) is 4.31 Å². The summed E-state index contributed by atoms with van der Waals surface area (Å²) < 4.78 is 58.1. The summed E-state index contributed by atoms with van der Waals surface area (Å²) in [4.78, 5) is 17.4. The van der Waals surface area contributed by atoms with E-state index in [2.05, 4.69) is 4.98 Å². The Hall–Kier alpha value is -2.47. The van der Waals surface area contributed by atoms with Crippen molar-refractivity contribution in [2.24, 2.45) is 0 Å². The van der Waals surface area contributed by atoms with Crippen LogP contribution in [0.5, 0.6) is 0 Å². The number of likely N-dealkylation sites (N-methyl/N-ethyl adjacent to an activating group) is 1. The topological polar surface area (TPSA) is 100 Å². The Morgan fingerprint density at radius 1 is 1.25 bits per heavy atom. The first-order valence-electron chi connectivity index (χ1n) is 10.0. The lowest BCUT2D eigenvalue weighted by Gasteiger charge is -2.37. The van der Waals surface area contributed by atoms with Crippen molar-refractivity contribution in [3.63, 3.8) is 0 Å². The van der Waals surface area contributed by atoms with E-state index in [0.29, 0.717) is 37.7 Å². The number of halogens is 2. The molecule has 11 heteroatoms. The molecule has 0 unspecified atom stereocenters. The van der Waals surface area contributed by atoms with Crippen molar-refractivity contribution in [2.45, 2.75) is 23.3 Å². The molecule has 0 bridgehead atoms. The summed E-state index contributed by atoms with van der Waals surface area (Å²) in [5.41, 5.74) is -0.510. The van der Waals surface area contributed by atoms with Crippen molar-refractivity contribution >= 4 is 15.9 Å². The molecule has 0 saturated carbocycles. The summed E-state index contributed by atoms with van der Waals surface area (Å²) >= 11 is 0. The highest BCUT2D eigenvalue weighted by Gasteiger charge is 2.36. The molecule has 174 valence electrons. The number of rotatable bonds is 8. The standard InChI is InChI=1S/C21H25F2N3O5S/c1-25(32(29,30)18-14-16(22)5-6-17(18)23)12-13-31-15-20(27)26-10-7-21(28,8-11-26)19-4-2-3-9-24-19/h2-6,9,14,28H,7-8,10-13,15H2,1H3. The van der Waals surface area contributed by atoms with Gasteiger partial charge in [0.15, 0.2) is 0 Å². The molecule has 32 heavy (non-hydrogen) atoms. The fraction of sp³-hybridized carbons (Fsp3) is 0.429. The summed E-state index contributed by atoms with van der Waals surface area (Å²) in [6.45, 7) is 0.157. The fourth-order valence-corrected chi connectivity index (χ4v) is 4.65. The number of amides is 1. The van der Waals surface area contributed by atoms with Crippen LogP contribution in [0.3, 0.4) is 0 Å². The van der Waals surface area contributed by atoms with Crippen LogP contribution in [0, 0.1) is 11.6 Å². The van der Waals surface area contributed by atoms with Crippen molar-refractivity contribution in [3.05, 3.63) is 59.9 Å². The summed E-state index contributed by atoms with van der Waals surface area (Å²) in [6, 6.07) is 7.51. The molecule has 0 aliphatic carbocycles. The van der Waals surface area contributed by atoms with Crippen LogP contribution in [0.25, 0.3) is 0 Å². The Bertz CT molecular complexity index is 1040. The average molecular weight is 470 g/mol. The van der Waals surface area contributed by atoms with Crippen LogP contribution in [0.15, 0.2) is 47.5 Å². The van der Waals surface area contributed by atoms with Crippen LogP contribution in [0.4, 0.5) is 8.78 Å². The second kappa shape index (κ2) is 9.99. The number of likely N-dealkylation sites (tertiary alicyclic amines) is 1. The molecule has 0 atom stereocenters. The minimum atomic E-state index is -4.24. The molecule has 1 amide bonds. The Morgan fingerprint density at radius 3 is 2.62 bits per heavy atom. The van der Waals surface area contributed by atoms with Gasteiger partial charge in [0.05, 0.1) is 12.3 Å². The fourth-order valence-electron chi connectivity index (χ4n) is 3.43. The van der Waals surface area contributed by atoms with Gasteiger partial charge in [-0.3, -0.25) is 9.78 Å². The van der Waals surface area contributed by atoms with Crippen LogP contribution in [0.2, 0.25) is 0 Å². The SMILES string of the molecule is CN(CCOCC(=O)N1CCC(O)(c2ccccn2)CC1)S(=O)(=O)c1cc(F)ccc1F. The number of pyridine rings is 1. The Balaban J connectivity index is 1.45. The van der Waals surface area contributed by atoms with Gasteiger partial charge in [0.25, 0.3) is 0 Å². The highest BCUT2D eigenvalue weighted by molar-refractivity contribution is 7.89. The van der Waals surface area contributed by atoms with Gasteiger partial charge in [0.2, 0.25) is 15.9 Å². The van der Waals surface area contributed by atoms with E-state index >= 15 is 0 Å². The summed E-state index contributed by atoms with van der Waals surface area (Å²) in [5, 5.41) is 10.8. The lowest BCUT2D eigenvalue weighted by Crippen LogP contribution is -2.46. The van der Waals surface area contributed by atoms with Crippen LogP contribution < -0.4 is 0 Å². The molecule has 1 aliphatic heterocycles. The number of benzene rings is 1. The zero-order valence-electron chi connectivity index (χ0n) is 17.6. The molecule has 0 radical (unpaired) electrons. The molecule has 1 aromatic carbocycles. The molecule has 2 aromatic rings. The van der Waals surface area contributed by atoms with Crippen LogP contribution in [-0.2, 0) is 25.2 Å². The molecule has 0 spiro atoms. The summed E-state index contributed by atoms with van der Waals surface area (Å²) in [5.74, 6) is -2.20. The summed E-state index contributed by atoms with van der Waals surface area (Å²) in [6.07, 6.45) is 2.30. The highest BCUT2D eigenvalue weighted by Crippen LogP contribution is 2.31. The number of sulfonamides is 1. The number of carbonyl (C=O) groups is 1. The molecule has 2 heterocycles. The first-order chi connectivity index (χ1) is 15.1. The lowest BCUT2D eigenvalue weighted by atomic mass is 9.88. The monoisotopic (exact) mass is 469 g/mol. The zero-order chi connectivity index (χ0) is 23.4. The second-order valence-corrected chi connectivity index (χ2v) is 9.59. The predicted octanol–water partition coefficient (Wildman–Crippen LogP) is 1.51. The van der Waals surface area contributed by atoms with Gasteiger partial charge in [-0.1, -0.05) is 6.07 Å². The van der Waals surface area contributed by atoms with Crippen molar-refractivity contribution in [1.82, 2.24) is 14.2 Å². The van der Waals surface area contributed by atoms with Gasteiger partial charge in [-0.05, 0) is 43.2 Å². The minimum Gasteiger partial charge on any atom is -0.383 e. The van der Waals surface area contributed by atoms with Crippen molar-refractivity contribution in [1.29, 1.82) is 0 Å². The quantitative estimate of drug-likeness (QED) is 0.589. The third-order valence-corrected chi connectivity index (χ3v) is 7.31. The molecular formula is C21H25F2N3O5S. The number of nitrogens with zero attached hydrogens (tertiary/aromatic N) is 3. The first-order valence-corrected chi connectivity index (χ1v) is 11.5. The molecule has 1 aromatic heterocycles. The molecule has 1 aliphatic rings. The maximum absolute atomic E-state index is 13.8. The van der Waals surface area contributed by atoms with E-state index in [-0.39, 0.29) is 25.7 Å². The van der Waals surface area contributed by atoms with Gasteiger partial charge < -0.3 is 14.7 Å². The normalized spacial score (nSPS) is 16.3. The van der Waals surface area contributed by atoms with Crippen LogP contribution in [0.1, 0.15) is 18.5 Å². The zero-order valence-corrected chi connectivity index (χ0v) is 18.4. The molecule has 1 fully saturated rings. The Labute approximate surface area is 185 Å². The number of piperidine rings is 1. The third kappa shape index (κ3) is 5.47. The first kappa shape index (κ1) is 24.2. The van der Waals surface area contributed by atoms with Crippen LogP contribution >= 0.6 is 0 Å². The van der Waals surface area contributed by atoms with Crippen molar-refractivity contribution < 1.29 is 31.8 Å². The van der Waals surface area contributed by atoms with E-state index in [1.807, 2.05) is 0 Å². The predicted molar refractivity (Wildman–Crippen MR) is 111 cm³/mol. The maximum atomic E-state index is 13.8. The van der Waals surface area contributed by atoms with Crippen molar-refractivity contribution in [3.8, 4) is 0 Å². The molecule has 1 N–H and O–H groups in total. The number of ether oxygens (including phenoxy) is 1. The number of hydrogen-bond donors (Lipinski definition) is 1. The molecular weight excluding hydrogens is 444 g/mol. The maximum Gasteiger partial charge on any atom is 0.248 e. The molecule has 1 saturated heterocycles. The largest absolute Gasteiger partial charge is 0.383 e. The van der Waals surface area contributed by atoms with Gasteiger partial charge in [0.1, 0.15) is 28.7 Å². The third-order valence-electron chi connectivity index (χ3n) is 5.44. The minimum absolute atomic E-state index is 0.107. The van der Waals surface area contributed by atoms with Gasteiger partial charge >= 0.3 is 0 Å². The average Bonchev–Trinajstić information content (AvgIpc) is 2.79. The van der Waals surface area contributed by atoms with E-state index in [0.717, 1.165) is 16.4 Å². The summed E-state index contributed by atoms with van der Waals surface area (Å²) in [7, 11) is -3.03. The molecule has 8 nitrogen and oxygen atoms in total. The smallest absolute Gasteiger partial charge is 0.248 e. The highest BCUT2D eigenvalue weighted by atomic mass is 32.2.